The van der Waals surface area contributed by atoms with Crippen molar-refractivity contribution < 1.29 is 69.1 Å². The first-order valence-corrected chi connectivity index (χ1v) is 5.35. The first kappa shape index (κ1) is 16.5. The smallest absolute Gasteiger partial charge is 0.447 e. The molecule has 0 aromatic rings. The average Bonchev–Trinajstić information content (AvgIpc) is 2.14. The second-order valence-corrected chi connectivity index (χ2v) is 4.03. The predicted octanol–water partition coefficient (Wildman–Crippen LogP) is 0.362. The minimum atomic E-state index is -4.78. The van der Waals surface area contributed by atoms with Gasteiger partial charge in [-0.15, -0.1) is 0 Å². The monoisotopic (exact) mass is 248 g/mol. The molecule has 0 radical (unpaired) electrons. The standard InChI is InChI=1S/C9H17BF3O.K/c1-2-8-5-3-4-6-9(8)14-7-10(11,12)13;/h8-9H,2-7H2,1H3;/q-1;+1. The van der Waals surface area contributed by atoms with E-state index >= 15 is 0 Å². The third-order valence-corrected chi connectivity index (χ3v) is 2.86. The average molecular weight is 248 g/mol. The van der Waals surface area contributed by atoms with E-state index in [1.807, 2.05) is 6.92 Å². The molecule has 84 valence electrons. The Labute approximate surface area is 132 Å². The molecule has 0 amide bonds. The molecule has 1 aliphatic rings. The van der Waals surface area contributed by atoms with Crippen molar-refractivity contribution in [2.75, 3.05) is 6.51 Å². The normalized spacial score (nSPS) is 27.2. The number of halogens is 3. The van der Waals surface area contributed by atoms with E-state index in [1.165, 1.54) is 0 Å². The molecule has 1 fully saturated rings. The molecule has 0 heterocycles. The van der Waals surface area contributed by atoms with Gasteiger partial charge in [0, 0.05) is 6.51 Å². The van der Waals surface area contributed by atoms with Crippen molar-refractivity contribution in [3.63, 3.8) is 0 Å². The number of hydrogen-bond donors (Lipinski definition) is 0. The molecule has 0 bridgehead atoms. The largest absolute Gasteiger partial charge is 1.00 e. The quantitative estimate of drug-likeness (QED) is 0.653. The third-order valence-electron chi connectivity index (χ3n) is 2.86. The molecule has 6 heteroatoms. The van der Waals surface area contributed by atoms with Gasteiger partial charge in [-0.1, -0.05) is 26.2 Å². The Balaban J connectivity index is 0.00000196. The molecule has 1 rings (SSSR count). The Kier molecular flexibility index (Phi) is 8.46. The van der Waals surface area contributed by atoms with E-state index in [1.54, 1.807) is 0 Å². The van der Waals surface area contributed by atoms with Crippen molar-refractivity contribution in [2.24, 2.45) is 5.92 Å². The molecule has 2 atom stereocenters. The Morgan fingerprint density at radius 2 is 1.80 bits per heavy atom. The van der Waals surface area contributed by atoms with E-state index in [9.17, 15) is 12.9 Å². The zero-order chi connectivity index (χ0) is 10.6. The Morgan fingerprint density at radius 1 is 1.20 bits per heavy atom. The predicted molar refractivity (Wildman–Crippen MR) is 51.1 cm³/mol. The van der Waals surface area contributed by atoms with E-state index in [2.05, 4.69) is 0 Å². The van der Waals surface area contributed by atoms with Crippen molar-refractivity contribution in [1.29, 1.82) is 0 Å². The van der Waals surface area contributed by atoms with Crippen LogP contribution in [0, 0.1) is 5.92 Å². The van der Waals surface area contributed by atoms with Gasteiger partial charge in [0.05, 0.1) is 6.10 Å². The maximum absolute atomic E-state index is 12.0. The molecule has 15 heavy (non-hydrogen) atoms. The van der Waals surface area contributed by atoms with Crippen LogP contribution in [0.1, 0.15) is 39.0 Å². The van der Waals surface area contributed by atoms with Crippen LogP contribution < -0.4 is 51.4 Å². The van der Waals surface area contributed by atoms with Gasteiger partial charge in [-0.05, 0) is 18.8 Å². The molecular formula is C9H17BF3KO. The van der Waals surface area contributed by atoms with Crippen molar-refractivity contribution in [3.8, 4) is 0 Å². The van der Waals surface area contributed by atoms with Gasteiger partial charge in [-0.25, -0.2) is 0 Å². The molecule has 1 nitrogen and oxygen atoms in total. The molecule has 0 spiro atoms. The Bertz CT molecular complexity index is 177. The van der Waals surface area contributed by atoms with Gasteiger partial charge in [-0.2, -0.15) is 0 Å². The molecular weight excluding hydrogens is 231 g/mol. The Hall–Kier alpha value is 1.45. The summed E-state index contributed by atoms with van der Waals surface area (Å²) < 4.78 is 40.9. The van der Waals surface area contributed by atoms with Gasteiger partial charge in [-0.3, -0.25) is 0 Å². The summed E-state index contributed by atoms with van der Waals surface area (Å²) in [6.07, 6.45) is 4.73. The van der Waals surface area contributed by atoms with Gasteiger partial charge < -0.3 is 17.7 Å². The van der Waals surface area contributed by atoms with Crippen molar-refractivity contribution >= 4 is 6.98 Å². The van der Waals surface area contributed by atoms with Crippen LogP contribution >= 0.6 is 0 Å². The van der Waals surface area contributed by atoms with Crippen molar-refractivity contribution in [3.05, 3.63) is 0 Å². The van der Waals surface area contributed by atoms with E-state index in [0.717, 1.165) is 32.1 Å². The molecule has 1 saturated carbocycles. The molecule has 0 N–H and O–H groups in total. The van der Waals surface area contributed by atoms with Crippen LogP contribution in [0.15, 0.2) is 0 Å². The summed E-state index contributed by atoms with van der Waals surface area (Å²) in [6.45, 7) is -3.79. The summed E-state index contributed by atoms with van der Waals surface area (Å²) in [5, 5.41) is 0. The SMILES string of the molecule is CCC1CCCCC1OC[B-](F)(F)F.[K+]. The first-order chi connectivity index (χ1) is 6.53. The zero-order valence-electron chi connectivity index (χ0n) is 9.52. The van der Waals surface area contributed by atoms with E-state index in [0.29, 0.717) is 5.92 Å². The second kappa shape index (κ2) is 7.72. The van der Waals surface area contributed by atoms with Gasteiger partial charge in [0.1, 0.15) is 0 Å². The number of hydrogen-bond acceptors (Lipinski definition) is 1. The summed E-state index contributed by atoms with van der Waals surface area (Å²) in [4.78, 5) is 0. The molecule has 0 aromatic heterocycles. The van der Waals surface area contributed by atoms with Gasteiger partial charge >= 0.3 is 58.4 Å². The summed E-state index contributed by atoms with van der Waals surface area (Å²) in [5.41, 5.74) is 0. The van der Waals surface area contributed by atoms with Crippen LogP contribution in [-0.2, 0) is 4.74 Å². The second-order valence-electron chi connectivity index (χ2n) is 4.03. The van der Waals surface area contributed by atoms with Crippen molar-refractivity contribution in [1.82, 2.24) is 0 Å². The van der Waals surface area contributed by atoms with E-state index in [-0.39, 0.29) is 57.5 Å². The van der Waals surface area contributed by atoms with E-state index < -0.39 is 13.5 Å². The minimum Gasteiger partial charge on any atom is -0.447 e. The minimum absolute atomic E-state index is 0. The molecule has 2 unspecified atom stereocenters. The molecule has 0 aromatic carbocycles. The fourth-order valence-electron chi connectivity index (χ4n) is 2.09. The van der Waals surface area contributed by atoms with Crippen LogP contribution in [0.5, 0.6) is 0 Å². The maximum Gasteiger partial charge on any atom is 1.00 e. The van der Waals surface area contributed by atoms with Gasteiger partial charge in [0.2, 0.25) is 0 Å². The van der Waals surface area contributed by atoms with Crippen LogP contribution in [0.4, 0.5) is 12.9 Å². The van der Waals surface area contributed by atoms with E-state index in [4.69, 9.17) is 4.74 Å². The number of rotatable bonds is 4. The van der Waals surface area contributed by atoms with Crippen LogP contribution in [0.2, 0.25) is 0 Å². The molecule has 0 saturated heterocycles. The van der Waals surface area contributed by atoms with Gasteiger partial charge in [0.25, 0.3) is 0 Å². The Morgan fingerprint density at radius 3 is 2.33 bits per heavy atom. The maximum atomic E-state index is 12.0. The molecule has 0 aliphatic heterocycles. The fraction of sp³-hybridized carbons (Fsp3) is 1.00. The topological polar surface area (TPSA) is 9.23 Å². The summed E-state index contributed by atoms with van der Waals surface area (Å²) >= 11 is 0. The first-order valence-electron chi connectivity index (χ1n) is 5.35. The zero-order valence-corrected chi connectivity index (χ0v) is 12.6. The van der Waals surface area contributed by atoms with Crippen molar-refractivity contribution in [2.45, 2.75) is 45.1 Å². The fourth-order valence-corrected chi connectivity index (χ4v) is 2.09. The van der Waals surface area contributed by atoms with Crippen LogP contribution in [0.25, 0.3) is 0 Å². The van der Waals surface area contributed by atoms with Crippen LogP contribution in [-0.4, -0.2) is 19.6 Å². The summed E-state index contributed by atoms with van der Waals surface area (Å²) in [6, 6.07) is 0. The summed E-state index contributed by atoms with van der Waals surface area (Å²) in [7, 11) is 0. The number of ether oxygens (including phenoxy) is 1. The van der Waals surface area contributed by atoms with Crippen LogP contribution in [0.3, 0.4) is 0 Å². The molecule has 1 aliphatic carbocycles. The summed E-state index contributed by atoms with van der Waals surface area (Å²) in [5.74, 6) is 0.335. The van der Waals surface area contributed by atoms with Gasteiger partial charge in [0.15, 0.2) is 0 Å². The third kappa shape index (κ3) is 6.68.